The molecule has 0 aromatic heterocycles. The van der Waals surface area contributed by atoms with Crippen LogP contribution < -0.4 is 4.72 Å². The molecule has 2 rings (SSSR count). The lowest BCUT2D eigenvalue weighted by Crippen LogP contribution is -2.06. The Morgan fingerprint density at radius 2 is 1.79 bits per heavy atom. The predicted molar refractivity (Wildman–Crippen MR) is 63.9 cm³/mol. The van der Waals surface area contributed by atoms with Gasteiger partial charge in [0.05, 0.1) is 15.8 Å². The number of benzene rings is 1. The topological polar surface area (TPSA) is 12.0 Å². The van der Waals surface area contributed by atoms with E-state index in [1.165, 1.54) is 11.9 Å². The van der Waals surface area contributed by atoms with Gasteiger partial charge in [-0.05, 0) is 11.9 Å². The molecule has 14 heavy (non-hydrogen) atoms. The van der Waals surface area contributed by atoms with Crippen LogP contribution in [0.1, 0.15) is 5.56 Å². The van der Waals surface area contributed by atoms with Crippen molar-refractivity contribution in [3.8, 4) is 0 Å². The van der Waals surface area contributed by atoms with E-state index < -0.39 is 0 Å². The standard InChI is InChI=1S/C10H7Cl2NS/c11-8-6-14-13-10(9(8)12)7-4-2-1-3-5-7/h1-6,13H. The van der Waals surface area contributed by atoms with Gasteiger partial charge in [0.15, 0.2) is 0 Å². The number of rotatable bonds is 1. The molecule has 0 radical (unpaired) electrons. The zero-order chi connectivity index (χ0) is 9.97. The first-order valence-electron chi connectivity index (χ1n) is 4.02. The van der Waals surface area contributed by atoms with Gasteiger partial charge in [-0.2, -0.15) is 0 Å². The molecule has 1 N–H and O–H groups in total. The van der Waals surface area contributed by atoms with Crippen LogP contribution in [0.2, 0.25) is 0 Å². The van der Waals surface area contributed by atoms with Crippen LogP contribution in [0.15, 0.2) is 45.8 Å². The van der Waals surface area contributed by atoms with Crippen molar-refractivity contribution in [1.82, 2.24) is 4.72 Å². The number of halogens is 2. The Bertz CT molecular complexity index is 398. The van der Waals surface area contributed by atoms with Crippen LogP contribution in [-0.2, 0) is 0 Å². The molecule has 1 aromatic rings. The van der Waals surface area contributed by atoms with Crippen molar-refractivity contribution < 1.29 is 0 Å². The summed E-state index contributed by atoms with van der Waals surface area (Å²) < 4.78 is 3.12. The molecule has 1 heterocycles. The van der Waals surface area contributed by atoms with Gasteiger partial charge in [0.25, 0.3) is 0 Å². The van der Waals surface area contributed by atoms with E-state index in [-0.39, 0.29) is 0 Å². The van der Waals surface area contributed by atoms with Crippen molar-refractivity contribution in [2.45, 2.75) is 0 Å². The summed E-state index contributed by atoms with van der Waals surface area (Å²) >= 11 is 13.4. The third-order valence-electron chi connectivity index (χ3n) is 1.82. The van der Waals surface area contributed by atoms with Gasteiger partial charge in [0, 0.05) is 11.0 Å². The van der Waals surface area contributed by atoms with E-state index in [1.54, 1.807) is 5.41 Å². The molecular formula is C10H7Cl2NS. The molecule has 0 fully saturated rings. The smallest absolute Gasteiger partial charge is 0.0844 e. The molecule has 1 nitrogen and oxygen atoms in total. The monoisotopic (exact) mass is 243 g/mol. The van der Waals surface area contributed by atoms with Gasteiger partial charge in [-0.1, -0.05) is 53.5 Å². The summed E-state index contributed by atoms with van der Waals surface area (Å²) in [7, 11) is 0. The molecule has 1 aliphatic heterocycles. The van der Waals surface area contributed by atoms with Crippen LogP contribution in [0.3, 0.4) is 0 Å². The zero-order valence-electron chi connectivity index (χ0n) is 7.13. The summed E-state index contributed by atoms with van der Waals surface area (Å²) in [6.07, 6.45) is 0. The SMILES string of the molecule is ClC1=CSNC(c2ccccc2)=C1Cl. The lowest BCUT2D eigenvalue weighted by molar-refractivity contribution is 1.39. The normalized spacial score (nSPS) is 16.3. The Balaban J connectivity index is 2.44. The minimum absolute atomic E-state index is 0.566. The molecule has 0 unspecified atom stereocenters. The molecule has 0 bridgehead atoms. The molecule has 0 saturated carbocycles. The van der Waals surface area contributed by atoms with Crippen molar-refractivity contribution in [1.29, 1.82) is 0 Å². The first-order valence-corrected chi connectivity index (χ1v) is 5.65. The van der Waals surface area contributed by atoms with Crippen LogP contribution >= 0.6 is 35.1 Å². The first kappa shape index (κ1) is 9.97. The second kappa shape index (κ2) is 4.30. The maximum atomic E-state index is 6.07. The average molecular weight is 244 g/mol. The third-order valence-corrected chi connectivity index (χ3v) is 3.41. The van der Waals surface area contributed by atoms with E-state index in [9.17, 15) is 0 Å². The van der Waals surface area contributed by atoms with E-state index in [2.05, 4.69) is 4.72 Å². The predicted octanol–water partition coefficient (Wildman–Crippen LogP) is 3.93. The van der Waals surface area contributed by atoms with Gasteiger partial charge in [0.2, 0.25) is 0 Å². The highest BCUT2D eigenvalue weighted by Gasteiger charge is 2.13. The molecule has 0 saturated heterocycles. The van der Waals surface area contributed by atoms with E-state index in [0.717, 1.165) is 11.3 Å². The minimum Gasteiger partial charge on any atom is -0.324 e. The quantitative estimate of drug-likeness (QED) is 0.751. The van der Waals surface area contributed by atoms with E-state index in [1.807, 2.05) is 30.3 Å². The van der Waals surface area contributed by atoms with Gasteiger partial charge in [-0.15, -0.1) is 0 Å². The molecule has 72 valence electrons. The summed E-state index contributed by atoms with van der Waals surface area (Å²) in [5.41, 5.74) is 1.90. The number of hydrogen-bond donors (Lipinski definition) is 1. The fraction of sp³-hybridized carbons (Fsp3) is 0. The number of allylic oxidation sites excluding steroid dienone is 2. The van der Waals surface area contributed by atoms with Crippen molar-refractivity contribution in [2.24, 2.45) is 0 Å². The second-order valence-electron chi connectivity index (χ2n) is 2.74. The van der Waals surface area contributed by atoms with Crippen molar-refractivity contribution >= 4 is 40.8 Å². The van der Waals surface area contributed by atoms with Crippen LogP contribution in [-0.4, -0.2) is 0 Å². The summed E-state index contributed by atoms with van der Waals surface area (Å²) in [6, 6.07) is 9.86. The van der Waals surface area contributed by atoms with Crippen LogP contribution in [0.5, 0.6) is 0 Å². The van der Waals surface area contributed by atoms with Crippen LogP contribution in [0, 0.1) is 0 Å². The highest BCUT2D eigenvalue weighted by atomic mass is 35.5. The highest BCUT2D eigenvalue weighted by Crippen LogP contribution is 2.33. The summed E-state index contributed by atoms with van der Waals surface area (Å²) in [5.74, 6) is 0. The van der Waals surface area contributed by atoms with E-state index >= 15 is 0 Å². The number of hydrogen-bond acceptors (Lipinski definition) is 2. The van der Waals surface area contributed by atoms with Crippen LogP contribution in [0.4, 0.5) is 0 Å². The molecule has 0 atom stereocenters. The van der Waals surface area contributed by atoms with Gasteiger partial charge < -0.3 is 4.72 Å². The lowest BCUT2D eigenvalue weighted by atomic mass is 10.1. The Kier molecular flexibility index (Phi) is 3.06. The largest absolute Gasteiger partial charge is 0.324 e. The van der Waals surface area contributed by atoms with E-state index in [4.69, 9.17) is 23.2 Å². The molecule has 0 amide bonds. The molecule has 1 aliphatic rings. The van der Waals surface area contributed by atoms with Gasteiger partial charge >= 0.3 is 0 Å². The number of nitrogens with one attached hydrogen (secondary N) is 1. The zero-order valence-corrected chi connectivity index (χ0v) is 9.46. The van der Waals surface area contributed by atoms with Crippen molar-refractivity contribution in [2.75, 3.05) is 0 Å². The van der Waals surface area contributed by atoms with Crippen molar-refractivity contribution in [3.05, 3.63) is 51.4 Å². The van der Waals surface area contributed by atoms with Gasteiger partial charge in [0.1, 0.15) is 0 Å². The fourth-order valence-corrected chi connectivity index (χ4v) is 2.32. The lowest BCUT2D eigenvalue weighted by Gasteiger charge is -2.15. The summed E-state index contributed by atoms with van der Waals surface area (Å²) in [4.78, 5) is 0. The molecule has 4 heteroatoms. The van der Waals surface area contributed by atoms with Crippen LogP contribution in [0.25, 0.3) is 5.70 Å². The molecule has 0 aliphatic carbocycles. The third kappa shape index (κ3) is 1.92. The van der Waals surface area contributed by atoms with Gasteiger partial charge in [-0.3, -0.25) is 0 Å². The second-order valence-corrected chi connectivity index (χ2v) is 4.20. The highest BCUT2D eigenvalue weighted by molar-refractivity contribution is 8.00. The molecule has 1 aromatic carbocycles. The first-order chi connectivity index (χ1) is 6.79. The maximum absolute atomic E-state index is 6.07. The Morgan fingerprint density at radius 3 is 2.50 bits per heavy atom. The van der Waals surface area contributed by atoms with E-state index in [0.29, 0.717) is 10.1 Å². The molecular weight excluding hydrogens is 237 g/mol. The molecule has 0 spiro atoms. The maximum Gasteiger partial charge on any atom is 0.0844 e. The minimum atomic E-state index is 0.566. The Labute approximate surface area is 96.9 Å². The average Bonchev–Trinajstić information content (AvgIpc) is 2.23. The summed E-state index contributed by atoms with van der Waals surface area (Å²) in [5, 5.41) is 2.92. The van der Waals surface area contributed by atoms with Crippen molar-refractivity contribution in [3.63, 3.8) is 0 Å². The Morgan fingerprint density at radius 1 is 1.07 bits per heavy atom. The summed E-state index contributed by atoms with van der Waals surface area (Å²) in [6.45, 7) is 0. The van der Waals surface area contributed by atoms with Gasteiger partial charge in [-0.25, -0.2) is 0 Å². The fourth-order valence-electron chi connectivity index (χ4n) is 1.15. The Hall–Kier alpha value is -0.570.